The van der Waals surface area contributed by atoms with Crippen LogP contribution in [-0.4, -0.2) is 7.28 Å². The molecule has 1 rings (SSSR count). The Labute approximate surface area is 83.4 Å². The maximum Gasteiger partial charge on any atom is 0.180 e. The number of hydrogen-bond acceptors (Lipinski definition) is 0. The third-order valence-electron chi connectivity index (χ3n) is 2.66. The van der Waals surface area contributed by atoms with Crippen LogP contribution in [0.3, 0.4) is 0 Å². The summed E-state index contributed by atoms with van der Waals surface area (Å²) < 4.78 is 0. The molecule has 0 N–H and O–H groups in total. The Morgan fingerprint density at radius 3 is 2.46 bits per heavy atom. The third-order valence-corrected chi connectivity index (χ3v) is 2.66. The summed E-state index contributed by atoms with van der Waals surface area (Å²) >= 11 is 0. The molecule has 71 valence electrons. The summed E-state index contributed by atoms with van der Waals surface area (Å²) in [6, 6.07) is 0. The van der Waals surface area contributed by atoms with Gasteiger partial charge in [-0.05, 0) is 18.8 Å². The lowest BCUT2D eigenvalue weighted by molar-refractivity contribution is 0.810. The fourth-order valence-electron chi connectivity index (χ4n) is 1.79. The molecule has 13 heavy (non-hydrogen) atoms. The van der Waals surface area contributed by atoms with E-state index in [0.717, 1.165) is 0 Å². The molecule has 1 aliphatic rings. The Hall–Kier alpha value is -0.455. The normalized spacial score (nSPS) is 16.5. The first kappa shape index (κ1) is 10.6. The molecule has 0 bridgehead atoms. The van der Waals surface area contributed by atoms with E-state index in [1.165, 1.54) is 24.7 Å². The van der Waals surface area contributed by atoms with E-state index < -0.39 is 0 Å². The van der Waals surface area contributed by atoms with Gasteiger partial charge >= 0.3 is 0 Å². The molecule has 0 saturated heterocycles. The van der Waals surface area contributed by atoms with E-state index >= 15 is 0 Å². The summed E-state index contributed by atoms with van der Waals surface area (Å²) in [6.07, 6.45) is 6.08. The first-order chi connectivity index (χ1) is 6.19. The number of allylic oxidation sites excluding steroid dienone is 4. The van der Waals surface area contributed by atoms with Gasteiger partial charge in [0.05, 0.1) is 0 Å². The Bertz CT molecular complexity index is 234. The van der Waals surface area contributed by atoms with Crippen LogP contribution in [0.5, 0.6) is 0 Å². The molecule has 0 aromatic rings. The van der Waals surface area contributed by atoms with Crippen LogP contribution in [0.2, 0.25) is 0 Å². The van der Waals surface area contributed by atoms with E-state index in [4.69, 9.17) is 0 Å². The molecule has 0 aromatic carbocycles. The summed E-state index contributed by atoms with van der Waals surface area (Å²) in [5.74, 6) is 0.677. The minimum atomic E-state index is 0.677. The van der Waals surface area contributed by atoms with Crippen LogP contribution >= 0.6 is 0 Å². The monoisotopic (exact) mass is 175 g/mol. The highest BCUT2D eigenvalue weighted by Gasteiger charge is 2.16. The molecule has 0 aromatic heterocycles. The van der Waals surface area contributed by atoms with Crippen molar-refractivity contribution >= 4 is 7.28 Å². The van der Waals surface area contributed by atoms with E-state index in [9.17, 15) is 0 Å². The minimum Gasteiger partial charge on any atom is -0.100 e. The van der Waals surface area contributed by atoms with Crippen molar-refractivity contribution in [3.63, 3.8) is 0 Å². The van der Waals surface area contributed by atoms with Crippen LogP contribution in [0.1, 0.15) is 47.0 Å². The van der Waals surface area contributed by atoms with Gasteiger partial charge < -0.3 is 0 Å². The SMILES string of the molecule is CCCC1=C(CC)[B]C(C(C)C)=C1. The highest BCUT2D eigenvalue weighted by atomic mass is 14.1. The van der Waals surface area contributed by atoms with Gasteiger partial charge in [-0.1, -0.05) is 45.8 Å². The molecule has 1 heterocycles. The van der Waals surface area contributed by atoms with Crippen LogP contribution in [0.4, 0.5) is 0 Å². The Morgan fingerprint density at radius 1 is 1.31 bits per heavy atom. The molecule has 0 atom stereocenters. The summed E-state index contributed by atoms with van der Waals surface area (Å²) in [6.45, 7) is 9.04. The highest BCUT2D eigenvalue weighted by Crippen LogP contribution is 2.27. The molecule has 0 unspecified atom stereocenters. The molecule has 0 amide bonds. The lowest BCUT2D eigenvalue weighted by Gasteiger charge is -2.04. The van der Waals surface area contributed by atoms with E-state index in [1.807, 2.05) is 0 Å². The number of hydrogen-bond donors (Lipinski definition) is 0. The molecule has 0 saturated carbocycles. The van der Waals surface area contributed by atoms with Gasteiger partial charge in [0.1, 0.15) is 0 Å². The molecule has 0 nitrogen and oxygen atoms in total. The van der Waals surface area contributed by atoms with Crippen molar-refractivity contribution in [2.24, 2.45) is 5.92 Å². The molecule has 0 spiro atoms. The second-order valence-corrected chi connectivity index (χ2v) is 4.10. The van der Waals surface area contributed by atoms with Gasteiger partial charge in [-0.3, -0.25) is 0 Å². The second kappa shape index (κ2) is 4.69. The van der Waals surface area contributed by atoms with Crippen molar-refractivity contribution in [3.05, 3.63) is 22.6 Å². The summed E-state index contributed by atoms with van der Waals surface area (Å²) in [7, 11) is 2.38. The van der Waals surface area contributed by atoms with Crippen LogP contribution in [0, 0.1) is 5.92 Å². The average molecular weight is 175 g/mol. The topological polar surface area (TPSA) is 0 Å². The first-order valence-electron chi connectivity index (χ1n) is 5.47. The highest BCUT2D eigenvalue weighted by molar-refractivity contribution is 6.55. The third kappa shape index (κ3) is 2.49. The van der Waals surface area contributed by atoms with Crippen molar-refractivity contribution in [3.8, 4) is 0 Å². The molecule has 1 heteroatoms. The lowest BCUT2D eigenvalue weighted by atomic mass is 9.61. The predicted octanol–water partition coefficient (Wildman–Crippen LogP) is 3.71. The molecule has 1 aliphatic heterocycles. The number of rotatable bonds is 4. The van der Waals surface area contributed by atoms with Gasteiger partial charge in [-0.15, -0.1) is 10.9 Å². The zero-order valence-corrected chi connectivity index (χ0v) is 9.35. The zero-order valence-electron chi connectivity index (χ0n) is 9.35. The molecule has 1 radical (unpaired) electrons. The van der Waals surface area contributed by atoms with E-state index in [-0.39, 0.29) is 0 Å². The van der Waals surface area contributed by atoms with Gasteiger partial charge in [-0.2, -0.15) is 0 Å². The lowest BCUT2D eigenvalue weighted by Crippen LogP contribution is -2.01. The van der Waals surface area contributed by atoms with Gasteiger partial charge in [0.25, 0.3) is 0 Å². The van der Waals surface area contributed by atoms with Crippen molar-refractivity contribution < 1.29 is 0 Å². The fourth-order valence-corrected chi connectivity index (χ4v) is 1.79. The molecule has 0 aliphatic carbocycles. The van der Waals surface area contributed by atoms with Gasteiger partial charge in [0.2, 0.25) is 0 Å². The Kier molecular flexibility index (Phi) is 3.83. The Morgan fingerprint density at radius 2 is 2.00 bits per heavy atom. The maximum atomic E-state index is 2.40. The van der Waals surface area contributed by atoms with Crippen LogP contribution in [0.15, 0.2) is 22.6 Å². The van der Waals surface area contributed by atoms with Crippen molar-refractivity contribution in [1.82, 2.24) is 0 Å². The smallest absolute Gasteiger partial charge is 0.100 e. The summed E-state index contributed by atoms with van der Waals surface area (Å²) in [4.78, 5) is 0. The molecule has 0 fully saturated rings. The van der Waals surface area contributed by atoms with Gasteiger partial charge in [0, 0.05) is 0 Å². The average Bonchev–Trinajstić information content (AvgIpc) is 2.48. The largest absolute Gasteiger partial charge is 0.180 e. The van der Waals surface area contributed by atoms with E-state index in [1.54, 1.807) is 11.0 Å². The van der Waals surface area contributed by atoms with E-state index in [2.05, 4.69) is 41.1 Å². The van der Waals surface area contributed by atoms with Gasteiger partial charge in [0.15, 0.2) is 7.28 Å². The predicted molar refractivity (Wildman–Crippen MR) is 60.9 cm³/mol. The summed E-state index contributed by atoms with van der Waals surface area (Å²) in [5.41, 5.74) is 4.65. The summed E-state index contributed by atoms with van der Waals surface area (Å²) in [5, 5.41) is 0. The quantitative estimate of drug-likeness (QED) is 0.571. The standard InChI is InChI=1S/C12H20B/c1-5-7-10-8-12(9(3)4)13-11(10)6-2/h8-9H,5-7H2,1-4H3. The van der Waals surface area contributed by atoms with Crippen molar-refractivity contribution in [2.45, 2.75) is 47.0 Å². The van der Waals surface area contributed by atoms with Crippen LogP contribution in [-0.2, 0) is 0 Å². The fraction of sp³-hybridized carbons (Fsp3) is 0.667. The molecular weight excluding hydrogens is 155 g/mol. The van der Waals surface area contributed by atoms with Gasteiger partial charge in [-0.25, -0.2) is 0 Å². The first-order valence-corrected chi connectivity index (χ1v) is 5.47. The van der Waals surface area contributed by atoms with E-state index in [0.29, 0.717) is 5.92 Å². The van der Waals surface area contributed by atoms with Crippen molar-refractivity contribution in [2.75, 3.05) is 0 Å². The second-order valence-electron chi connectivity index (χ2n) is 4.10. The van der Waals surface area contributed by atoms with Crippen LogP contribution in [0.25, 0.3) is 0 Å². The minimum absolute atomic E-state index is 0.677. The maximum absolute atomic E-state index is 2.40. The zero-order chi connectivity index (χ0) is 9.84. The van der Waals surface area contributed by atoms with Crippen molar-refractivity contribution in [1.29, 1.82) is 0 Å². The molecular formula is C12H20B. The Balaban J connectivity index is 2.71. The van der Waals surface area contributed by atoms with Crippen LogP contribution < -0.4 is 0 Å².